The Morgan fingerprint density at radius 1 is 1.04 bits per heavy atom. The molecule has 0 saturated carbocycles. The molecule has 1 fully saturated rings. The van der Waals surface area contributed by atoms with Crippen LogP contribution in [-0.2, 0) is 11.2 Å². The number of nitrogens with one attached hydrogen (secondary N) is 2. The smallest absolute Gasteiger partial charge is 0.228 e. The van der Waals surface area contributed by atoms with Gasteiger partial charge in [0.1, 0.15) is 0 Å². The monoisotopic (exact) mass is 362 g/mol. The van der Waals surface area contributed by atoms with E-state index in [1.165, 1.54) is 5.69 Å². The molecule has 0 bridgehead atoms. The highest BCUT2D eigenvalue weighted by Crippen LogP contribution is 2.23. The maximum Gasteiger partial charge on any atom is 0.228 e. The molecule has 1 aliphatic rings. The number of carbonyl (C=O) groups excluding carboxylic acids is 1. The van der Waals surface area contributed by atoms with Gasteiger partial charge in [0.05, 0.1) is 6.42 Å². The summed E-state index contributed by atoms with van der Waals surface area (Å²) in [5, 5.41) is 4.15. The minimum Gasteiger partial charge on any atom is -0.369 e. The summed E-state index contributed by atoms with van der Waals surface area (Å²) in [6.07, 6.45) is 0.371. The maximum absolute atomic E-state index is 12.6. The summed E-state index contributed by atoms with van der Waals surface area (Å²) in [5.74, 6) is 0.00944. The molecule has 2 aromatic carbocycles. The quantitative estimate of drug-likeness (QED) is 0.748. The fourth-order valence-corrected chi connectivity index (χ4v) is 3.75. The first-order valence-corrected chi connectivity index (χ1v) is 9.50. The fourth-order valence-electron chi connectivity index (χ4n) is 3.75. The molecular weight excluding hydrogens is 336 g/mol. The van der Waals surface area contributed by atoms with Crippen molar-refractivity contribution in [2.75, 3.05) is 43.4 Å². The van der Waals surface area contributed by atoms with Gasteiger partial charge in [-0.3, -0.25) is 4.79 Å². The molecule has 1 saturated heterocycles. The van der Waals surface area contributed by atoms with Crippen molar-refractivity contribution in [3.05, 3.63) is 59.8 Å². The molecule has 1 amide bonds. The third-order valence-electron chi connectivity index (χ3n) is 5.38. The second-order valence-electron chi connectivity index (χ2n) is 7.34. The maximum atomic E-state index is 12.6. The van der Waals surface area contributed by atoms with E-state index < -0.39 is 0 Å². The van der Waals surface area contributed by atoms with E-state index in [2.05, 4.69) is 45.3 Å². The molecule has 140 valence electrons. The van der Waals surface area contributed by atoms with Gasteiger partial charge in [-0.05, 0) is 49.9 Å². The normalized spacial score (nSPS) is 15.3. The van der Waals surface area contributed by atoms with Crippen molar-refractivity contribution < 1.29 is 4.79 Å². The SMILES string of the molecule is Cc1[nH]c2ccccc2c1CC(=O)Nc1ccc(N2CCN(C)CC2)cc1. The highest BCUT2D eigenvalue weighted by atomic mass is 16.1. The highest BCUT2D eigenvalue weighted by Gasteiger charge is 2.15. The Balaban J connectivity index is 1.41. The van der Waals surface area contributed by atoms with Crippen LogP contribution in [-0.4, -0.2) is 49.0 Å². The van der Waals surface area contributed by atoms with Crippen LogP contribution in [0.25, 0.3) is 10.9 Å². The Bertz CT molecular complexity index is 937. The Morgan fingerprint density at radius 2 is 1.74 bits per heavy atom. The Kier molecular flexibility index (Phi) is 4.86. The van der Waals surface area contributed by atoms with Crippen LogP contribution in [0.5, 0.6) is 0 Å². The summed E-state index contributed by atoms with van der Waals surface area (Å²) in [6, 6.07) is 16.3. The van der Waals surface area contributed by atoms with Gasteiger partial charge in [-0.15, -0.1) is 0 Å². The largest absolute Gasteiger partial charge is 0.369 e. The third-order valence-corrected chi connectivity index (χ3v) is 5.38. The molecule has 1 aliphatic heterocycles. The lowest BCUT2D eigenvalue weighted by Crippen LogP contribution is -2.44. The van der Waals surface area contributed by atoms with Crippen molar-refractivity contribution in [2.45, 2.75) is 13.3 Å². The molecule has 0 radical (unpaired) electrons. The molecule has 0 atom stereocenters. The highest BCUT2D eigenvalue weighted by molar-refractivity contribution is 5.96. The van der Waals surface area contributed by atoms with Crippen molar-refractivity contribution in [2.24, 2.45) is 0 Å². The molecule has 5 nitrogen and oxygen atoms in total. The molecule has 2 heterocycles. The second kappa shape index (κ2) is 7.45. The van der Waals surface area contributed by atoms with Crippen molar-refractivity contribution in [3.8, 4) is 0 Å². The number of hydrogen-bond donors (Lipinski definition) is 2. The van der Waals surface area contributed by atoms with E-state index >= 15 is 0 Å². The molecule has 5 heteroatoms. The van der Waals surface area contributed by atoms with Crippen molar-refractivity contribution in [1.82, 2.24) is 9.88 Å². The molecular formula is C22H26N4O. The number of anilines is 2. The lowest BCUT2D eigenvalue weighted by atomic mass is 10.1. The van der Waals surface area contributed by atoms with Crippen LogP contribution in [0.3, 0.4) is 0 Å². The first kappa shape index (κ1) is 17.6. The van der Waals surface area contributed by atoms with Gasteiger partial charge in [-0.1, -0.05) is 18.2 Å². The summed E-state index contributed by atoms with van der Waals surface area (Å²) in [4.78, 5) is 20.6. The first-order valence-electron chi connectivity index (χ1n) is 9.50. The van der Waals surface area contributed by atoms with E-state index in [1.54, 1.807) is 0 Å². The van der Waals surface area contributed by atoms with Crippen LogP contribution < -0.4 is 10.2 Å². The standard InChI is InChI=1S/C22H26N4O/c1-16-20(19-5-3-4-6-21(19)23-16)15-22(27)24-17-7-9-18(10-8-17)26-13-11-25(2)12-14-26/h3-10,23H,11-15H2,1-2H3,(H,24,27). The zero-order chi connectivity index (χ0) is 18.8. The van der Waals surface area contributed by atoms with Gasteiger partial charge in [0.15, 0.2) is 0 Å². The van der Waals surface area contributed by atoms with Gasteiger partial charge in [-0.2, -0.15) is 0 Å². The minimum atomic E-state index is 0.00944. The zero-order valence-electron chi connectivity index (χ0n) is 16.0. The van der Waals surface area contributed by atoms with Crippen LogP contribution in [0.4, 0.5) is 11.4 Å². The molecule has 2 N–H and O–H groups in total. The van der Waals surface area contributed by atoms with E-state index in [9.17, 15) is 4.79 Å². The second-order valence-corrected chi connectivity index (χ2v) is 7.34. The molecule has 0 aliphatic carbocycles. The number of nitrogens with zero attached hydrogens (tertiary/aromatic N) is 2. The van der Waals surface area contributed by atoms with Gasteiger partial charge in [0.2, 0.25) is 5.91 Å². The lowest BCUT2D eigenvalue weighted by molar-refractivity contribution is -0.115. The van der Waals surface area contributed by atoms with Crippen LogP contribution in [0.1, 0.15) is 11.3 Å². The summed E-state index contributed by atoms with van der Waals surface area (Å²) in [7, 11) is 2.16. The van der Waals surface area contributed by atoms with E-state index in [4.69, 9.17) is 0 Å². The van der Waals surface area contributed by atoms with Crippen molar-refractivity contribution in [3.63, 3.8) is 0 Å². The number of fused-ring (bicyclic) bond motifs is 1. The number of likely N-dealkylation sites (N-methyl/N-ethyl adjacent to an activating group) is 1. The number of aromatic amines is 1. The zero-order valence-corrected chi connectivity index (χ0v) is 16.0. The topological polar surface area (TPSA) is 51.4 Å². The number of rotatable bonds is 4. The van der Waals surface area contributed by atoms with Gasteiger partial charge in [0.25, 0.3) is 0 Å². The lowest BCUT2D eigenvalue weighted by Gasteiger charge is -2.34. The molecule has 3 aromatic rings. The minimum absolute atomic E-state index is 0.00944. The van der Waals surface area contributed by atoms with E-state index in [0.717, 1.165) is 54.0 Å². The predicted molar refractivity (Wildman–Crippen MR) is 112 cm³/mol. The number of piperazine rings is 1. The molecule has 0 unspecified atom stereocenters. The average molecular weight is 362 g/mol. The van der Waals surface area contributed by atoms with Gasteiger partial charge in [0, 0.05) is 54.2 Å². The van der Waals surface area contributed by atoms with Crippen molar-refractivity contribution in [1.29, 1.82) is 0 Å². The van der Waals surface area contributed by atoms with Gasteiger partial charge < -0.3 is 20.1 Å². The first-order chi connectivity index (χ1) is 13.1. The number of benzene rings is 2. The number of hydrogen-bond acceptors (Lipinski definition) is 3. The van der Waals surface area contributed by atoms with E-state index in [1.807, 2.05) is 37.3 Å². The van der Waals surface area contributed by atoms with Crippen LogP contribution in [0.2, 0.25) is 0 Å². The van der Waals surface area contributed by atoms with Crippen LogP contribution >= 0.6 is 0 Å². The molecule has 0 spiro atoms. The fraction of sp³-hybridized carbons (Fsp3) is 0.318. The van der Waals surface area contributed by atoms with Gasteiger partial charge in [-0.25, -0.2) is 0 Å². The Labute approximate surface area is 160 Å². The summed E-state index contributed by atoms with van der Waals surface area (Å²) < 4.78 is 0. The summed E-state index contributed by atoms with van der Waals surface area (Å²) >= 11 is 0. The summed E-state index contributed by atoms with van der Waals surface area (Å²) in [5.41, 5.74) is 5.26. The van der Waals surface area contributed by atoms with E-state index in [0.29, 0.717) is 6.42 Å². The third kappa shape index (κ3) is 3.83. The number of aromatic nitrogens is 1. The molecule has 1 aromatic heterocycles. The Hall–Kier alpha value is -2.79. The number of para-hydroxylation sites is 1. The Morgan fingerprint density at radius 3 is 2.48 bits per heavy atom. The summed E-state index contributed by atoms with van der Waals surface area (Å²) in [6.45, 7) is 6.28. The number of carbonyl (C=O) groups is 1. The number of amides is 1. The number of aryl methyl sites for hydroxylation is 1. The number of H-pyrrole nitrogens is 1. The predicted octanol–water partition coefficient (Wildman–Crippen LogP) is 3.41. The van der Waals surface area contributed by atoms with Crippen LogP contribution in [0, 0.1) is 6.92 Å². The molecule has 27 heavy (non-hydrogen) atoms. The van der Waals surface area contributed by atoms with E-state index in [-0.39, 0.29) is 5.91 Å². The molecule has 4 rings (SSSR count). The van der Waals surface area contributed by atoms with Gasteiger partial charge >= 0.3 is 0 Å². The average Bonchev–Trinajstić information content (AvgIpc) is 2.98. The van der Waals surface area contributed by atoms with Crippen LogP contribution in [0.15, 0.2) is 48.5 Å². The van der Waals surface area contributed by atoms with Crippen molar-refractivity contribution >= 4 is 28.2 Å².